The van der Waals surface area contributed by atoms with Crippen LogP contribution in [0.4, 0.5) is 23.7 Å². The SMILES string of the molecule is O=C(O)NC1CCCCC1NC1CCCN(c2ccc(OC(F)(F)F)cc2)C1. The molecule has 3 rings (SSSR count). The number of benzene rings is 1. The molecule has 1 amide bonds. The molecule has 3 N–H and O–H groups in total. The molecule has 3 unspecified atom stereocenters. The number of anilines is 1. The van der Waals surface area contributed by atoms with Crippen LogP contribution in [0.15, 0.2) is 24.3 Å². The fourth-order valence-corrected chi connectivity index (χ4v) is 4.17. The molecular weight excluding hydrogens is 375 g/mol. The lowest BCUT2D eigenvalue weighted by molar-refractivity contribution is -0.274. The summed E-state index contributed by atoms with van der Waals surface area (Å²) in [6.45, 7) is 1.56. The van der Waals surface area contributed by atoms with Gasteiger partial charge in [-0.3, -0.25) is 0 Å². The highest BCUT2D eigenvalue weighted by Crippen LogP contribution is 2.27. The Labute approximate surface area is 162 Å². The minimum absolute atomic E-state index is 0.0829. The second kappa shape index (κ2) is 8.89. The summed E-state index contributed by atoms with van der Waals surface area (Å²) >= 11 is 0. The summed E-state index contributed by atoms with van der Waals surface area (Å²) in [6, 6.07) is 6.16. The predicted molar refractivity (Wildman–Crippen MR) is 98.7 cm³/mol. The van der Waals surface area contributed by atoms with Gasteiger partial charge in [-0.15, -0.1) is 13.2 Å². The zero-order valence-corrected chi connectivity index (χ0v) is 15.5. The number of carboxylic acid groups (broad SMARTS) is 1. The van der Waals surface area contributed by atoms with Crippen LogP contribution in [-0.2, 0) is 0 Å². The van der Waals surface area contributed by atoms with Crippen LogP contribution in [0, 0.1) is 0 Å². The van der Waals surface area contributed by atoms with Crippen LogP contribution in [0.5, 0.6) is 5.75 Å². The number of halogens is 3. The molecule has 28 heavy (non-hydrogen) atoms. The van der Waals surface area contributed by atoms with E-state index in [1.807, 2.05) is 0 Å². The predicted octanol–water partition coefficient (Wildman–Crippen LogP) is 3.72. The number of hydrogen-bond donors (Lipinski definition) is 3. The molecule has 1 aliphatic heterocycles. The molecular formula is C19H26F3N3O3. The van der Waals surface area contributed by atoms with Crippen molar-refractivity contribution in [3.8, 4) is 5.75 Å². The van der Waals surface area contributed by atoms with Crippen LogP contribution in [0.1, 0.15) is 38.5 Å². The molecule has 1 heterocycles. The van der Waals surface area contributed by atoms with Gasteiger partial charge in [-0.05, 0) is 49.9 Å². The highest BCUT2D eigenvalue weighted by Gasteiger charge is 2.32. The Balaban J connectivity index is 1.58. The van der Waals surface area contributed by atoms with Gasteiger partial charge in [0.25, 0.3) is 0 Å². The lowest BCUT2D eigenvalue weighted by Crippen LogP contribution is -2.57. The Hall–Kier alpha value is -2.16. The van der Waals surface area contributed by atoms with E-state index >= 15 is 0 Å². The summed E-state index contributed by atoms with van der Waals surface area (Å²) in [5, 5.41) is 15.3. The zero-order chi connectivity index (χ0) is 20.1. The Morgan fingerprint density at radius 1 is 1.07 bits per heavy atom. The number of ether oxygens (including phenoxy) is 1. The lowest BCUT2D eigenvalue weighted by Gasteiger charge is -2.40. The van der Waals surface area contributed by atoms with Crippen molar-refractivity contribution in [3.05, 3.63) is 24.3 Å². The number of nitrogens with zero attached hydrogens (tertiary/aromatic N) is 1. The van der Waals surface area contributed by atoms with Crippen molar-refractivity contribution in [2.45, 2.75) is 63.0 Å². The first-order valence-electron chi connectivity index (χ1n) is 9.66. The molecule has 1 aromatic rings. The third kappa shape index (κ3) is 5.92. The summed E-state index contributed by atoms with van der Waals surface area (Å²) in [5.74, 6) is -0.229. The minimum Gasteiger partial charge on any atom is -0.465 e. The number of nitrogens with one attached hydrogen (secondary N) is 2. The Morgan fingerprint density at radius 2 is 1.75 bits per heavy atom. The van der Waals surface area contributed by atoms with Gasteiger partial charge in [-0.2, -0.15) is 0 Å². The molecule has 2 aliphatic rings. The maximum atomic E-state index is 12.3. The molecule has 0 spiro atoms. The van der Waals surface area contributed by atoms with Crippen LogP contribution >= 0.6 is 0 Å². The molecule has 0 radical (unpaired) electrons. The van der Waals surface area contributed by atoms with Gasteiger partial charge in [0, 0.05) is 36.9 Å². The summed E-state index contributed by atoms with van der Waals surface area (Å²) in [5.41, 5.74) is 0.852. The number of amides is 1. The third-order valence-electron chi connectivity index (χ3n) is 5.38. The smallest absolute Gasteiger partial charge is 0.465 e. The first-order chi connectivity index (χ1) is 13.3. The van der Waals surface area contributed by atoms with Crippen molar-refractivity contribution in [2.75, 3.05) is 18.0 Å². The third-order valence-corrected chi connectivity index (χ3v) is 5.38. The van der Waals surface area contributed by atoms with E-state index in [0.29, 0.717) is 0 Å². The van der Waals surface area contributed by atoms with Gasteiger partial charge in [0.1, 0.15) is 5.75 Å². The molecule has 1 saturated heterocycles. The maximum absolute atomic E-state index is 12.3. The highest BCUT2D eigenvalue weighted by molar-refractivity contribution is 5.65. The summed E-state index contributed by atoms with van der Waals surface area (Å²) in [6.07, 6.45) is 0.127. The first kappa shape index (κ1) is 20.6. The van der Waals surface area contributed by atoms with E-state index < -0.39 is 12.5 Å². The van der Waals surface area contributed by atoms with Gasteiger partial charge >= 0.3 is 12.5 Å². The van der Waals surface area contributed by atoms with E-state index in [-0.39, 0.29) is 23.9 Å². The molecule has 6 nitrogen and oxygen atoms in total. The van der Waals surface area contributed by atoms with E-state index in [4.69, 9.17) is 5.11 Å². The molecule has 156 valence electrons. The quantitative estimate of drug-likeness (QED) is 0.701. The second-order valence-corrected chi connectivity index (χ2v) is 7.44. The molecule has 1 aliphatic carbocycles. The zero-order valence-electron chi connectivity index (χ0n) is 15.5. The number of alkyl halides is 3. The second-order valence-electron chi connectivity index (χ2n) is 7.44. The molecule has 1 saturated carbocycles. The Kier molecular flexibility index (Phi) is 6.53. The summed E-state index contributed by atoms with van der Waals surface area (Å²) in [4.78, 5) is 13.2. The average molecular weight is 401 g/mol. The van der Waals surface area contributed by atoms with Gasteiger partial charge in [-0.1, -0.05) is 12.8 Å². The van der Waals surface area contributed by atoms with Crippen molar-refractivity contribution in [3.63, 3.8) is 0 Å². The van der Waals surface area contributed by atoms with Crippen molar-refractivity contribution >= 4 is 11.8 Å². The number of piperidine rings is 1. The van der Waals surface area contributed by atoms with E-state index in [2.05, 4.69) is 20.3 Å². The number of rotatable bonds is 5. The molecule has 9 heteroatoms. The maximum Gasteiger partial charge on any atom is 0.573 e. The topological polar surface area (TPSA) is 73.8 Å². The molecule has 1 aromatic carbocycles. The Bertz CT molecular complexity index is 654. The monoisotopic (exact) mass is 401 g/mol. The van der Waals surface area contributed by atoms with Crippen molar-refractivity contribution in [2.24, 2.45) is 0 Å². The standard InChI is InChI=1S/C19H26F3N3O3/c20-19(21,22)28-15-9-7-14(8-10-15)25-11-3-4-13(12-25)23-16-5-1-2-6-17(16)24-18(26)27/h7-10,13,16-17,23-24H,1-6,11-12H2,(H,26,27). The van der Waals surface area contributed by atoms with Gasteiger partial charge in [-0.25, -0.2) is 4.79 Å². The average Bonchev–Trinajstić information content (AvgIpc) is 2.62. The summed E-state index contributed by atoms with van der Waals surface area (Å²) < 4.78 is 40.8. The van der Waals surface area contributed by atoms with E-state index in [9.17, 15) is 18.0 Å². The van der Waals surface area contributed by atoms with E-state index in [1.54, 1.807) is 12.1 Å². The van der Waals surface area contributed by atoms with Gasteiger partial charge < -0.3 is 25.4 Å². The molecule has 0 bridgehead atoms. The fourth-order valence-electron chi connectivity index (χ4n) is 4.17. The highest BCUT2D eigenvalue weighted by atomic mass is 19.4. The van der Waals surface area contributed by atoms with Crippen molar-refractivity contribution in [1.29, 1.82) is 0 Å². The number of hydrogen-bond acceptors (Lipinski definition) is 4. The van der Waals surface area contributed by atoms with E-state index in [1.165, 1.54) is 12.1 Å². The first-order valence-corrected chi connectivity index (χ1v) is 9.66. The normalized spacial score (nSPS) is 26.0. The largest absolute Gasteiger partial charge is 0.573 e. The van der Waals surface area contributed by atoms with Crippen molar-refractivity contribution < 1.29 is 27.8 Å². The molecule has 0 aromatic heterocycles. The van der Waals surface area contributed by atoms with Crippen LogP contribution < -0.4 is 20.3 Å². The van der Waals surface area contributed by atoms with Crippen LogP contribution in [0.3, 0.4) is 0 Å². The van der Waals surface area contributed by atoms with Crippen molar-refractivity contribution in [1.82, 2.24) is 10.6 Å². The minimum atomic E-state index is -4.69. The lowest BCUT2D eigenvalue weighted by atomic mass is 9.89. The fraction of sp³-hybridized carbons (Fsp3) is 0.632. The Morgan fingerprint density at radius 3 is 2.39 bits per heavy atom. The summed E-state index contributed by atoms with van der Waals surface area (Å²) in [7, 11) is 0. The van der Waals surface area contributed by atoms with Crippen LogP contribution in [0.2, 0.25) is 0 Å². The molecule has 2 fully saturated rings. The van der Waals surface area contributed by atoms with Gasteiger partial charge in [0.15, 0.2) is 0 Å². The van der Waals surface area contributed by atoms with Crippen LogP contribution in [0.25, 0.3) is 0 Å². The van der Waals surface area contributed by atoms with E-state index in [0.717, 1.165) is 57.3 Å². The van der Waals surface area contributed by atoms with Crippen LogP contribution in [-0.4, -0.2) is 48.8 Å². The number of carbonyl (C=O) groups is 1. The van der Waals surface area contributed by atoms with Gasteiger partial charge in [0.05, 0.1) is 0 Å². The molecule has 3 atom stereocenters. The van der Waals surface area contributed by atoms with Gasteiger partial charge in [0.2, 0.25) is 0 Å².